The highest BCUT2D eigenvalue weighted by atomic mass is 35.5. The van der Waals surface area contributed by atoms with Crippen molar-refractivity contribution in [2.45, 2.75) is 64.8 Å². The normalized spacial score (nSPS) is 18.3. The molecule has 0 radical (unpaired) electrons. The van der Waals surface area contributed by atoms with Crippen molar-refractivity contribution in [1.29, 1.82) is 0 Å². The van der Waals surface area contributed by atoms with E-state index in [-0.39, 0.29) is 12.3 Å². The Hall–Kier alpha value is -2.03. The Morgan fingerprint density at radius 1 is 1.00 bits per heavy atom. The van der Waals surface area contributed by atoms with Crippen LogP contribution in [0.4, 0.5) is 4.79 Å². The number of carbonyl (C=O) groups is 1. The zero-order valence-corrected chi connectivity index (χ0v) is 22.3. The molecule has 36 heavy (non-hydrogen) atoms. The summed E-state index contributed by atoms with van der Waals surface area (Å²) in [6.07, 6.45) is 3.31. The van der Waals surface area contributed by atoms with E-state index in [1.807, 2.05) is 38.1 Å². The summed E-state index contributed by atoms with van der Waals surface area (Å²) in [6.45, 7) is 6.98. The number of unbranched alkanes of at least 4 members (excludes halogenated alkanes) is 3. The Bertz CT molecular complexity index is 1030. The number of fused-ring (bicyclic) bond motifs is 1. The lowest BCUT2D eigenvalue weighted by atomic mass is 10.1. The number of benzene rings is 2. The number of ether oxygens (including phenoxy) is 5. The number of amides is 1. The number of cyclic esters (lactones) is 1. The number of halogens is 2. The van der Waals surface area contributed by atoms with Gasteiger partial charge in [0.2, 0.25) is 12.0 Å². The molecular weight excluding hydrogens is 505 g/mol. The minimum absolute atomic E-state index is 0.271. The molecule has 7 nitrogen and oxygen atoms in total. The SMILES string of the molecule is CC1(C)OCc2cc([C@H]3OC(=O)N3CCCCCCOCCOCc3c(Cl)cccc3Cl)ccc2O1. The molecule has 4 rings (SSSR count). The van der Waals surface area contributed by atoms with Crippen molar-refractivity contribution >= 4 is 29.3 Å². The van der Waals surface area contributed by atoms with Crippen LogP contribution in [0.3, 0.4) is 0 Å². The lowest BCUT2D eigenvalue weighted by molar-refractivity contribution is -0.180. The first-order valence-electron chi connectivity index (χ1n) is 12.4. The summed E-state index contributed by atoms with van der Waals surface area (Å²) in [6, 6.07) is 11.3. The molecule has 0 saturated carbocycles. The van der Waals surface area contributed by atoms with Crippen molar-refractivity contribution in [2.75, 3.05) is 26.4 Å². The van der Waals surface area contributed by atoms with Gasteiger partial charge in [-0.2, -0.15) is 0 Å². The monoisotopic (exact) mass is 537 g/mol. The van der Waals surface area contributed by atoms with Gasteiger partial charge < -0.3 is 23.7 Å². The number of hydrogen-bond acceptors (Lipinski definition) is 6. The molecule has 1 saturated heterocycles. The van der Waals surface area contributed by atoms with E-state index in [9.17, 15) is 4.79 Å². The molecule has 2 aliphatic rings. The second-order valence-electron chi connectivity index (χ2n) is 9.37. The van der Waals surface area contributed by atoms with Crippen molar-refractivity contribution in [2.24, 2.45) is 0 Å². The second-order valence-corrected chi connectivity index (χ2v) is 10.2. The molecule has 2 aromatic carbocycles. The van der Waals surface area contributed by atoms with Crippen molar-refractivity contribution in [3.63, 3.8) is 0 Å². The predicted molar refractivity (Wildman–Crippen MR) is 137 cm³/mol. The van der Waals surface area contributed by atoms with Crippen LogP contribution >= 0.6 is 23.2 Å². The van der Waals surface area contributed by atoms with Crippen LogP contribution in [-0.4, -0.2) is 43.1 Å². The summed E-state index contributed by atoms with van der Waals surface area (Å²) >= 11 is 12.3. The molecular formula is C27H33Cl2NO6. The van der Waals surface area contributed by atoms with Gasteiger partial charge in [-0.15, -0.1) is 0 Å². The molecule has 1 atom stereocenters. The van der Waals surface area contributed by atoms with E-state index in [1.165, 1.54) is 0 Å². The first-order chi connectivity index (χ1) is 17.3. The van der Waals surface area contributed by atoms with Gasteiger partial charge in [-0.25, -0.2) is 4.79 Å². The van der Waals surface area contributed by atoms with E-state index >= 15 is 0 Å². The summed E-state index contributed by atoms with van der Waals surface area (Å²) in [5.41, 5.74) is 2.70. The second kappa shape index (κ2) is 12.5. The first kappa shape index (κ1) is 27.0. The fourth-order valence-electron chi connectivity index (χ4n) is 4.15. The van der Waals surface area contributed by atoms with Gasteiger partial charge in [-0.3, -0.25) is 4.90 Å². The van der Waals surface area contributed by atoms with Crippen LogP contribution in [0.15, 0.2) is 36.4 Å². The number of nitrogens with zero attached hydrogens (tertiary/aromatic N) is 1. The van der Waals surface area contributed by atoms with Gasteiger partial charge in [0, 0.05) is 53.7 Å². The molecule has 0 aromatic heterocycles. The van der Waals surface area contributed by atoms with Gasteiger partial charge >= 0.3 is 6.09 Å². The molecule has 1 fully saturated rings. The summed E-state index contributed by atoms with van der Waals surface area (Å²) in [7, 11) is 0. The van der Waals surface area contributed by atoms with E-state index in [4.69, 9.17) is 46.9 Å². The molecule has 2 aliphatic heterocycles. The Morgan fingerprint density at radius 3 is 2.53 bits per heavy atom. The number of hydrogen-bond donors (Lipinski definition) is 0. The highest BCUT2D eigenvalue weighted by Crippen LogP contribution is 2.37. The van der Waals surface area contributed by atoms with Gasteiger partial charge in [0.15, 0.2) is 0 Å². The molecule has 0 bridgehead atoms. The molecule has 0 unspecified atom stereocenters. The van der Waals surface area contributed by atoms with E-state index in [2.05, 4.69) is 0 Å². The van der Waals surface area contributed by atoms with Gasteiger partial charge in [-0.1, -0.05) is 42.1 Å². The molecule has 0 N–H and O–H groups in total. The average Bonchev–Trinajstić information content (AvgIpc) is 2.84. The van der Waals surface area contributed by atoms with Crippen LogP contribution < -0.4 is 4.74 Å². The Morgan fingerprint density at radius 2 is 1.75 bits per heavy atom. The largest absolute Gasteiger partial charge is 0.463 e. The fraction of sp³-hybridized carbons (Fsp3) is 0.519. The topological polar surface area (TPSA) is 66.5 Å². The summed E-state index contributed by atoms with van der Waals surface area (Å²) in [5, 5.41) is 1.22. The van der Waals surface area contributed by atoms with Gasteiger partial charge in [0.05, 0.1) is 26.4 Å². The van der Waals surface area contributed by atoms with Crippen LogP contribution in [0.25, 0.3) is 0 Å². The van der Waals surface area contributed by atoms with E-state index in [0.29, 0.717) is 49.6 Å². The van der Waals surface area contributed by atoms with E-state index in [0.717, 1.165) is 48.1 Å². The lowest BCUT2D eigenvalue weighted by Crippen LogP contribution is -2.48. The van der Waals surface area contributed by atoms with Gasteiger partial charge in [0.25, 0.3) is 0 Å². The smallest absolute Gasteiger partial charge is 0.415 e. The highest BCUT2D eigenvalue weighted by Gasteiger charge is 2.39. The van der Waals surface area contributed by atoms with Crippen LogP contribution in [0.5, 0.6) is 5.75 Å². The summed E-state index contributed by atoms with van der Waals surface area (Å²) < 4.78 is 28.2. The Kier molecular flexibility index (Phi) is 9.36. The molecule has 0 aliphatic carbocycles. The maximum atomic E-state index is 12.0. The summed E-state index contributed by atoms with van der Waals surface area (Å²) in [4.78, 5) is 13.8. The molecule has 2 heterocycles. The quantitative estimate of drug-likeness (QED) is 0.259. The molecule has 1 amide bonds. The van der Waals surface area contributed by atoms with E-state index < -0.39 is 5.79 Å². The maximum Gasteiger partial charge on any atom is 0.415 e. The van der Waals surface area contributed by atoms with Crippen molar-refractivity contribution in [3.8, 4) is 5.75 Å². The third kappa shape index (κ3) is 7.05. The van der Waals surface area contributed by atoms with Gasteiger partial charge in [-0.05, 0) is 43.2 Å². The van der Waals surface area contributed by atoms with Crippen molar-refractivity contribution < 1.29 is 28.5 Å². The fourth-order valence-corrected chi connectivity index (χ4v) is 4.65. The molecule has 9 heteroatoms. The molecule has 0 spiro atoms. The van der Waals surface area contributed by atoms with Crippen LogP contribution in [-0.2, 0) is 32.2 Å². The molecule has 2 aromatic rings. The van der Waals surface area contributed by atoms with Crippen LogP contribution in [0.1, 0.15) is 62.4 Å². The summed E-state index contributed by atoms with van der Waals surface area (Å²) in [5.74, 6) is 0.180. The maximum absolute atomic E-state index is 12.0. The van der Waals surface area contributed by atoms with Crippen molar-refractivity contribution in [3.05, 3.63) is 63.1 Å². The number of carbonyl (C=O) groups excluding carboxylic acids is 1. The Labute approximate surface area is 222 Å². The van der Waals surface area contributed by atoms with Crippen LogP contribution in [0.2, 0.25) is 10.0 Å². The number of rotatable bonds is 13. The van der Waals surface area contributed by atoms with Crippen LogP contribution in [0, 0.1) is 0 Å². The third-order valence-corrected chi connectivity index (χ3v) is 6.86. The first-order valence-corrected chi connectivity index (χ1v) is 13.1. The van der Waals surface area contributed by atoms with Gasteiger partial charge in [0.1, 0.15) is 5.75 Å². The standard InChI is InChI=1S/C27H33Cl2NO6/c1-27(2)34-17-20-16-19(10-11-24(20)36-27)25-30(26(31)35-25)12-5-3-4-6-13-32-14-15-33-18-21-22(28)8-7-9-23(21)29/h7-11,16,25H,3-6,12-15,17-18H2,1-2H3/t25-/m1/s1. The minimum atomic E-state index is -0.631. The lowest BCUT2D eigenvalue weighted by Gasteiger charge is -2.40. The van der Waals surface area contributed by atoms with Crippen molar-refractivity contribution in [1.82, 2.24) is 4.90 Å². The van der Waals surface area contributed by atoms with E-state index in [1.54, 1.807) is 17.0 Å². The Balaban J connectivity index is 1.07. The molecule has 196 valence electrons. The zero-order valence-electron chi connectivity index (χ0n) is 20.8. The zero-order chi connectivity index (χ0) is 25.5. The highest BCUT2D eigenvalue weighted by molar-refractivity contribution is 6.35. The third-order valence-electron chi connectivity index (χ3n) is 6.15. The average molecular weight is 538 g/mol. The minimum Gasteiger partial charge on any atom is -0.463 e. The predicted octanol–water partition coefficient (Wildman–Crippen LogP) is 6.88.